The van der Waals surface area contributed by atoms with E-state index in [2.05, 4.69) is 0 Å². The van der Waals surface area contributed by atoms with Gasteiger partial charge in [-0.1, -0.05) is 6.07 Å². The van der Waals surface area contributed by atoms with Gasteiger partial charge in [0.25, 0.3) is 0 Å². The molecule has 108 valence electrons. The molecule has 0 aliphatic carbocycles. The zero-order valence-corrected chi connectivity index (χ0v) is 10.2. The van der Waals surface area contributed by atoms with Crippen LogP contribution in [0.5, 0.6) is 0 Å². The first kappa shape index (κ1) is 15.5. The third-order valence-corrected chi connectivity index (χ3v) is 2.36. The van der Waals surface area contributed by atoms with Gasteiger partial charge in [-0.15, -0.1) is 0 Å². The van der Waals surface area contributed by atoms with Crippen molar-refractivity contribution in [3.8, 4) is 0 Å². The van der Waals surface area contributed by atoms with E-state index in [9.17, 15) is 23.2 Å². The van der Waals surface area contributed by atoms with Crippen molar-refractivity contribution in [2.75, 3.05) is 13.1 Å². The molecule has 0 fully saturated rings. The molecule has 1 rings (SSSR count). The van der Waals surface area contributed by atoms with Gasteiger partial charge in [-0.05, 0) is 11.6 Å². The van der Waals surface area contributed by atoms with E-state index in [0.717, 1.165) is 12.1 Å². The molecule has 6 nitrogen and oxygen atoms in total. The van der Waals surface area contributed by atoms with Gasteiger partial charge in [0.2, 0.25) is 5.91 Å². The second-order valence-electron chi connectivity index (χ2n) is 3.95. The number of halogens is 2. The summed E-state index contributed by atoms with van der Waals surface area (Å²) in [5, 5.41) is 17.2. The average molecular weight is 287 g/mol. The molecule has 20 heavy (non-hydrogen) atoms. The maximum absolute atomic E-state index is 13.4. The molecule has 0 atom stereocenters. The van der Waals surface area contributed by atoms with Crippen molar-refractivity contribution in [2.45, 2.75) is 6.42 Å². The summed E-state index contributed by atoms with van der Waals surface area (Å²) in [5.41, 5.74) is -0.142. The molecule has 1 amide bonds. The first-order valence-electron chi connectivity index (χ1n) is 5.45. The standard InChI is InChI=1S/C12H11F2NO5/c13-8-2-1-7(9(14)4-8)3-10(16)15(5-11(17)18)6-12(19)20/h1-2,4H,3,5-6H2,(H,17,18)(H,19,20). The Bertz CT molecular complexity index is 531. The average Bonchev–Trinajstić information content (AvgIpc) is 2.30. The predicted octanol–water partition coefficient (Wildman–Crippen LogP) is 0.505. The zero-order chi connectivity index (χ0) is 15.3. The van der Waals surface area contributed by atoms with Crippen molar-refractivity contribution in [3.63, 3.8) is 0 Å². The van der Waals surface area contributed by atoms with Crippen LogP contribution in [0.3, 0.4) is 0 Å². The topological polar surface area (TPSA) is 94.9 Å². The quantitative estimate of drug-likeness (QED) is 0.794. The van der Waals surface area contributed by atoms with Gasteiger partial charge in [0.1, 0.15) is 24.7 Å². The largest absolute Gasteiger partial charge is 0.480 e. The fraction of sp³-hybridized carbons (Fsp3) is 0.250. The van der Waals surface area contributed by atoms with E-state index >= 15 is 0 Å². The SMILES string of the molecule is O=C(O)CN(CC(=O)O)C(=O)Cc1ccc(F)cc1F. The van der Waals surface area contributed by atoms with Crippen LogP contribution in [0, 0.1) is 11.6 Å². The van der Waals surface area contributed by atoms with E-state index < -0.39 is 49.0 Å². The van der Waals surface area contributed by atoms with Crippen molar-refractivity contribution in [1.29, 1.82) is 0 Å². The third kappa shape index (κ3) is 4.63. The molecule has 1 aromatic carbocycles. The Balaban J connectivity index is 2.84. The number of hydrogen-bond donors (Lipinski definition) is 2. The molecule has 0 heterocycles. The number of amides is 1. The van der Waals surface area contributed by atoms with Gasteiger partial charge in [0.05, 0.1) is 6.42 Å². The lowest BCUT2D eigenvalue weighted by atomic mass is 10.1. The number of carbonyl (C=O) groups is 3. The van der Waals surface area contributed by atoms with E-state index in [1.54, 1.807) is 0 Å². The highest BCUT2D eigenvalue weighted by Gasteiger charge is 2.21. The molecule has 1 aromatic rings. The van der Waals surface area contributed by atoms with Crippen molar-refractivity contribution in [1.82, 2.24) is 4.90 Å². The molecule has 8 heteroatoms. The van der Waals surface area contributed by atoms with Crippen LogP contribution in [-0.4, -0.2) is 46.0 Å². The van der Waals surface area contributed by atoms with Gasteiger partial charge in [-0.3, -0.25) is 14.4 Å². The molecule has 0 spiro atoms. The minimum absolute atomic E-state index is 0.142. The number of carbonyl (C=O) groups excluding carboxylic acids is 1. The van der Waals surface area contributed by atoms with Gasteiger partial charge in [0.15, 0.2) is 0 Å². The summed E-state index contributed by atoms with van der Waals surface area (Å²) in [7, 11) is 0. The second kappa shape index (κ2) is 6.60. The molecular formula is C12H11F2NO5. The Kier molecular flexibility index (Phi) is 5.13. The first-order chi connectivity index (χ1) is 9.29. The molecule has 0 aromatic heterocycles. The Morgan fingerprint density at radius 2 is 1.60 bits per heavy atom. The lowest BCUT2D eigenvalue weighted by molar-refractivity contribution is -0.149. The summed E-state index contributed by atoms with van der Waals surface area (Å²) in [4.78, 5) is 33.4. The molecular weight excluding hydrogens is 276 g/mol. The summed E-state index contributed by atoms with van der Waals surface area (Å²) in [5.74, 6) is -5.42. The molecule has 0 unspecified atom stereocenters. The van der Waals surface area contributed by atoms with E-state index in [0.29, 0.717) is 11.0 Å². The minimum Gasteiger partial charge on any atom is -0.480 e. The number of rotatable bonds is 6. The van der Waals surface area contributed by atoms with Crippen LogP contribution in [0.1, 0.15) is 5.56 Å². The molecule has 0 aliphatic rings. The number of benzene rings is 1. The van der Waals surface area contributed by atoms with Crippen LogP contribution in [0.2, 0.25) is 0 Å². The Hall–Kier alpha value is -2.51. The lowest BCUT2D eigenvalue weighted by Gasteiger charge is -2.18. The number of nitrogens with zero attached hydrogens (tertiary/aromatic N) is 1. The van der Waals surface area contributed by atoms with Crippen LogP contribution in [0.4, 0.5) is 8.78 Å². The number of carboxylic acid groups (broad SMARTS) is 2. The van der Waals surface area contributed by atoms with E-state index in [4.69, 9.17) is 10.2 Å². The molecule has 0 saturated carbocycles. The highest BCUT2D eigenvalue weighted by Crippen LogP contribution is 2.11. The molecule has 0 radical (unpaired) electrons. The van der Waals surface area contributed by atoms with Crippen LogP contribution in [0.25, 0.3) is 0 Å². The van der Waals surface area contributed by atoms with E-state index in [-0.39, 0.29) is 5.56 Å². The Labute approximate surface area is 112 Å². The summed E-state index contributed by atoms with van der Waals surface area (Å²) in [6.07, 6.45) is -0.549. The molecule has 0 aliphatic heterocycles. The smallest absolute Gasteiger partial charge is 0.323 e. The van der Waals surface area contributed by atoms with Gasteiger partial charge >= 0.3 is 11.9 Å². The Morgan fingerprint density at radius 1 is 1.05 bits per heavy atom. The summed E-state index contributed by atoms with van der Waals surface area (Å²) in [6, 6.07) is 2.58. The fourth-order valence-electron chi connectivity index (χ4n) is 1.50. The highest BCUT2D eigenvalue weighted by molar-refractivity contribution is 5.86. The summed E-state index contributed by atoms with van der Waals surface area (Å²) < 4.78 is 26.1. The maximum Gasteiger partial charge on any atom is 0.323 e. The number of aliphatic carboxylic acids is 2. The summed E-state index contributed by atoms with van der Waals surface area (Å²) >= 11 is 0. The predicted molar refractivity (Wildman–Crippen MR) is 61.9 cm³/mol. The maximum atomic E-state index is 13.4. The fourth-order valence-corrected chi connectivity index (χ4v) is 1.50. The van der Waals surface area contributed by atoms with E-state index in [1.807, 2.05) is 0 Å². The minimum atomic E-state index is -1.39. The van der Waals surface area contributed by atoms with Crippen molar-refractivity contribution in [3.05, 3.63) is 35.4 Å². The van der Waals surface area contributed by atoms with Crippen molar-refractivity contribution < 1.29 is 33.4 Å². The zero-order valence-electron chi connectivity index (χ0n) is 10.2. The number of hydrogen-bond acceptors (Lipinski definition) is 3. The van der Waals surface area contributed by atoms with Crippen molar-refractivity contribution >= 4 is 17.8 Å². The van der Waals surface area contributed by atoms with Crippen LogP contribution < -0.4 is 0 Å². The molecule has 0 bridgehead atoms. The highest BCUT2D eigenvalue weighted by atomic mass is 19.1. The van der Waals surface area contributed by atoms with Gasteiger partial charge in [0, 0.05) is 6.07 Å². The van der Waals surface area contributed by atoms with Crippen LogP contribution in [-0.2, 0) is 20.8 Å². The van der Waals surface area contributed by atoms with Crippen LogP contribution in [0.15, 0.2) is 18.2 Å². The van der Waals surface area contributed by atoms with E-state index in [1.165, 1.54) is 0 Å². The van der Waals surface area contributed by atoms with Gasteiger partial charge in [-0.2, -0.15) is 0 Å². The molecule has 0 saturated heterocycles. The van der Waals surface area contributed by atoms with Gasteiger partial charge < -0.3 is 15.1 Å². The summed E-state index contributed by atoms with van der Waals surface area (Å²) in [6.45, 7) is -1.62. The lowest BCUT2D eigenvalue weighted by Crippen LogP contribution is -2.40. The number of carboxylic acids is 2. The third-order valence-electron chi connectivity index (χ3n) is 2.36. The normalized spacial score (nSPS) is 10.1. The monoisotopic (exact) mass is 287 g/mol. The van der Waals surface area contributed by atoms with Crippen molar-refractivity contribution in [2.24, 2.45) is 0 Å². The first-order valence-corrected chi connectivity index (χ1v) is 5.45. The molecule has 2 N–H and O–H groups in total. The second-order valence-corrected chi connectivity index (χ2v) is 3.95. The van der Waals surface area contributed by atoms with Crippen LogP contribution >= 0.6 is 0 Å². The Morgan fingerprint density at radius 3 is 2.05 bits per heavy atom. The van der Waals surface area contributed by atoms with Gasteiger partial charge in [-0.25, -0.2) is 8.78 Å².